The van der Waals surface area contributed by atoms with Gasteiger partial charge in [-0.15, -0.1) is 0 Å². The van der Waals surface area contributed by atoms with E-state index in [2.05, 4.69) is 5.10 Å². The molecule has 0 saturated heterocycles. The molecule has 0 N–H and O–H groups in total. The van der Waals surface area contributed by atoms with Crippen LogP contribution in [0.25, 0.3) is 5.69 Å². The first-order valence-corrected chi connectivity index (χ1v) is 5.89. The normalized spacial score (nSPS) is 10.5. The summed E-state index contributed by atoms with van der Waals surface area (Å²) in [6, 6.07) is 9.13. The van der Waals surface area contributed by atoms with Crippen molar-refractivity contribution >= 4 is 5.78 Å². The highest BCUT2D eigenvalue weighted by atomic mass is 16.5. The van der Waals surface area contributed by atoms with Crippen LogP contribution >= 0.6 is 0 Å². The van der Waals surface area contributed by atoms with Gasteiger partial charge in [0.15, 0.2) is 0 Å². The van der Waals surface area contributed by atoms with Crippen molar-refractivity contribution in [2.24, 2.45) is 0 Å². The Kier molecular flexibility index (Phi) is 3.97. The van der Waals surface area contributed by atoms with Crippen LogP contribution in [0.3, 0.4) is 0 Å². The lowest BCUT2D eigenvalue weighted by Crippen LogP contribution is -2.13. The van der Waals surface area contributed by atoms with Crippen molar-refractivity contribution in [2.45, 2.75) is 6.92 Å². The van der Waals surface area contributed by atoms with Gasteiger partial charge in [-0.3, -0.25) is 4.79 Å². The van der Waals surface area contributed by atoms with Crippen LogP contribution in [0.15, 0.2) is 30.3 Å². The number of rotatable bonds is 5. The van der Waals surface area contributed by atoms with Gasteiger partial charge in [0.05, 0.1) is 18.5 Å². The predicted octanol–water partition coefficient (Wildman–Crippen LogP) is 2.02. The fraction of sp³-hybridized carbons (Fsp3) is 0.286. The van der Waals surface area contributed by atoms with E-state index in [4.69, 9.17) is 9.47 Å². The molecule has 100 valence electrons. The number of aromatic nitrogens is 2. The summed E-state index contributed by atoms with van der Waals surface area (Å²) in [5.41, 5.74) is 2.12. The van der Waals surface area contributed by atoms with Crippen LogP contribution in [0, 0.1) is 6.92 Å². The number of methoxy groups -OCH3 is 2. The molecule has 0 bridgehead atoms. The fourth-order valence-electron chi connectivity index (χ4n) is 1.82. The van der Waals surface area contributed by atoms with E-state index in [9.17, 15) is 4.79 Å². The van der Waals surface area contributed by atoms with E-state index in [-0.39, 0.29) is 12.4 Å². The minimum absolute atomic E-state index is 0.0429. The molecule has 0 spiro atoms. The molecule has 0 radical (unpaired) electrons. The summed E-state index contributed by atoms with van der Waals surface area (Å²) in [5, 5.41) is 4.34. The summed E-state index contributed by atoms with van der Waals surface area (Å²) >= 11 is 0. The van der Waals surface area contributed by atoms with Crippen molar-refractivity contribution in [1.29, 1.82) is 0 Å². The molecule has 0 amide bonds. The monoisotopic (exact) mass is 260 g/mol. The lowest BCUT2D eigenvalue weighted by atomic mass is 10.2. The third kappa shape index (κ3) is 2.82. The van der Waals surface area contributed by atoms with Crippen LogP contribution in [0.2, 0.25) is 0 Å². The lowest BCUT2D eigenvalue weighted by Gasteiger charge is -2.07. The van der Waals surface area contributed by atoms with Gasteiger partial charge in [0, 0.05) is 7.11 Å². The number of carbonyl (C=O) groups is 1. The van der Waals surface area contributed by atoms with Crippen LogP contribution < -0.4 is 4.74 Å². The van der Waals surface area contributed by atoms with Crippen LogP contribution in [-0.2, 0) is 4.74 Å². The number of nitrogens with zero attached hydrogens (tertiary/aromatic N) is 2. The van der Waals surface area contributed by atoms with Crippen LogP contribution in [0.5, 0.6) is 5.75 Å². The minimum Gasteiger partial charge on any atom is -0.497 e. The summed E-state index contributed by atoms with van der Waals surface area (Å²) in [7, 11) is 3.11. The maximum Gasteiger partial charge on any atom is 0.206 e. The molecule has 1 aromatic heterocycles. The first kappa shape index (κ1) is 13.3. The molecule has 2 aromatic rings. The smallest absolute Gasteiger partial charge is 0.206 e. The number of aryl methyl sites for hydroxylation is 1. The second-order valence-electron chi connectivity index (χ2n) is 4.14. The Balaban J connectivity index is 2.40. The molecule has 1 heterocycles. The molecule has 0 fully saturated rings. The van der Waals surface area contributed by atoms with Gasteiger partial charge in [-0.2, -0.15) is 5.10 Å². The summed E-state index contributed by atoms with van der Waals surface area (Å²) in [4.78, 5) is 12.0. The molecule has 1 aromatic carbocycles. The van der Waals surface area contributed by atoms with E-state index < -0.39 is 0 Å². The van der Waals surface area contributed by atoms with Gasteiger partial charge in [-0.1, -0.05) is 0 Å². The number of Topliss-reactive ketones (excluding diaryl/α,β-unsaturated/α-hetero) is 1. The van der Waals surface area contributed by atoms with Gasteiger partial charge < -0.3 is 9.47 Å². The predicted molar refractivity (Wildman–Crippen MR) is 71.1 cm³/mol. The molecule has 5 heteroatoms. The van der Waals surface area contributed by atoms with E-state index in [1.165, 1.54) is 7.11 Å². The molecule has 0 atom stereocenters. The summed E-state index contributed by atoms with van der Waals surface area (Å²) in [6.07, 6.45) is 0. The standard InChI is InChI=1S/C14H16N2O3/c1-10-8-13(14(17)9-18-2)16(15-10)11-4-6-12(19-3)7-5-11/h4-8H,9H2,1-3H3. The molecule has 0 unspecified atom stereocenters. The number of ketones is 1. The zero-order valence-electron chi connectivity index (χ0n) is 11.2. The lowest BCUT2D eigenvalue weighted by molar-refractivity contribution is 0.0840. The minimum atomic E-state index is -0.0982. The largest absolute Gasteiger partial charge is 0.497 e. The van der Waals surface area contributed by atoms with E-state index in [1.54, 1.807) is 17.9 Å². The van der Waals surface area contributed by atoms with E-state index >= 15 is 0 Å². The summed E-state index contributed by atoms with van der Waals surface area (Å²) < 4.78 is 11.6. The molecule has 5 nitrogen and oxygen atoms in total. The van der Waals surface area contributed by atoms with Gasteiger partial charge in [-0.05, 0) is 37.3 Å². The van der Waals surface area contributed by atoms with Crippen molar-refractivity contribution in [3.8, 4) is 11.4 Å². The van der Waals surface area contributed by atoms with Gasteiger partial charge in [0.1, 0.15) is 18.1 Å². The van der Waals surface area contributed by atoms with Crippen LogP contribution in [0.1, 0.15) is 16.2 Å². The fourth-order valence-corrected chi connectivity index (χ4v) is 1.82. The van der Waals surface area contributed by atoms with Crippen LogP contribution in [-0.4, -0.2) is 36.4 Å². The number of ether oxygens (including phenoxy) is 2. The molecule has 0 aliphatic heterocycles. The summed E-state index contributed by atoms with van der Waals surface area (Å²) in [5.74, 6) is 0.663. The van der Waals surface area contributed by atoms with E-state index in [1.807, 2.05) is 31.2 Å². The Morgan fingerprint density at radius 3 is 2.53 bits per heavy atom. The Morgan fingerprint density at radius 2 is 1.95 bits per heavy atom. The van der Waals surface area contributed by atoms with E-state index in [0.717, 1.165) is 17.1 Å². The second kappa shape index (κ2) is 5.67. The van der Waals surface area contributed by atoms with Gasteiger partial charge in [0.2, 0.25) is 5.78 Å². The highest BCUT2D eigenvalue weighted by Gasteiger charge is 2.15. The average molecular weight is 260 g/mol. The van der Waals surface area contributed by atoms with Gasteiger partial charge in [0.25, 0.3) is 0 Å². The molecule has 2 rings (SSSR count). The Labute approximate surface area is 111 Å². The maximum absolute atomic E-state index is 12.0. The Bertz CT molecular complexity index is 573. The third-order valence-electron chi connectivity index (χ3n) is 2.71. The third-order valence-corrected chi connectivity index (χ3v) is 2.71. The Hall–Kier alpha value is -2.14. The molecular weight excluding hydrogens is 244 g/mol. The molecule has 19 heavy (non-hydrogen) atoms. The van der Waals surface area contributed by atoms with Gasteiger partial charge in [-0.25, -0.2) is 4.68 Å². The zero-order chi connectivity index (χ0) is 13.8. The number of hydrogen-bond acceptors (Lipinski definition) is 4. The van der Waals surface area contributed by atoms with Gasteiger partial charge >= 0.3 is 0 Å². The Morgan fingerprint density at radius 1 is 1.26 bits per heavy atom. The van der Waals surface area contributed by atoms with Crippen molar-refractivity contribution in [3.05, 3.63) is 41.7 Å². The number of carbonyl (C=O) groups excluding carboxylic acids is 1. The van der Waals surface area contributed by atoms with Crippen molar-refractivity contribution in [1.82, 2.24) is 9.78 Å². The first-order valence-electron chi connectivity index (χ1n) is 5.89. The first-order chi connectivity index (χ1) is 9.15. The number of hydrogen-bond donors (Lipinski definition) is 0. The van der Waals surface area contributed by atoms with Crippen molar-refractivity contribution < 1.29 is 14.3 Å². The van der Waals surface area contributed by atoms with Crippen molar-refractivity contribution in [2.75, 3.05) is 20.8 Å². The molecule has 0 aliphatic rings. The van der Waals surface area contributed by atoms with Crippen LogP contribution in [0.4, 0.5) is 0 Å². The zero-order valence-corrected chi connectivity index (χ0v) is 11.2. The van der Waals surface area contributed by atoms with Crippen molar-refractivity contribution in [3.63, 3.8) is 0 Å². The highest BCUT2D eigenvalue weighted by molar-refractivity contribution is 5.96. The second-order valence-corrected chi connectivity index (χ2v) is 4.14. The van der Waals surface area contributed by atoms with E-state index in [0.29, 0.717) is 5.69 Å². The quantitative estimate of drug-likeness (QED) is 0.772. The SMILES string of the molecule is COCC(=O)c1cc(C)nn1-c1ccc(OC)cc1. The highest BCUT2D eigenvalue weighted by Crippen LogP contribution is 2.17. The topological polar surface area (TPSA) is 53.3 Å². The molecule has 0 saturated carbocycles. The molecule has 0 aliphatic carbocycles. The molecular formula is C14H16N2O3. The maximum atomic E-state index is 12.0. The summed E-state index contributed by atoms with van der Waals surface area (Å²) in [6.45, 7) is 1.89. The average Bonchev–Trinajstić information content (AvgIpc) is 2.81. The number of benzene rings is 1.